The Hall–Kier alpha value is -2.73. The summed E-state index contributed by atoms with van der Waals surface area (Å²) < 4.78 is 7.11. The molecule has 4 rings (SSSR count). The number of aromatic nitrogens is 2. The van der Waals surface area contributed by atoms with Crippen molar-refractivity contribution in [3.05, 3.63) is 59.0 Å². The molecule has 0 bridgehead atoms. The first kappa shape index (κ1) is 19.6. The number of hydrogen-bond acceptors (Lipinski definition) is 4. The minimum absolute atomic E-state index is 0.000791. The van der Waals surface area contributed by atoms with Gasteiger partial charge in [-0.3, -0.25) is 9.47 Å². The van der Waals surface area contributed by atoms with Crippen molar-refractivity contribution in [1.29, 1.82) is 0 Å². The molecular formula is C23H30N4O2. The molecule has 0 unspecified atom stereocenters. The predicted octanol–water partition coefficient (Wildman–Crippen LogP) is 3.33. The summed E-state index contributed by atoms with van der Waals surface area (Å²) in [7, 11) is 1.70. The van der Waals surface area contributed by atoms with Crippen LogP contribution in [-0.4, -0.2) is 54.3 Å². The van der Waals surface area contributed by atoms with E-state index in [-0.39, 0.29) is 5.69 Å². The van der Waals surface area contributed by atoms with Gasteiger partial charge in [-0.15, -0.1) is 0 Å². The third kappa shape index (κ3) is 4.65. The van der Waals surface area contributed by atoms with E-state index < -0.39 is 0 Å². The zero-order valence-electron chi connectivity index (χ0n) is 17.1. The Morgan fingerprint density at radius 1 is 0.897 bits per heavy atom. The fourth-order valence-electron chi connectivity index (χ4n) is 4.13. The van der Waals surface area contributed by atoms with Crippen LogP contribution in [0.25, 0.3) is 11.0 Å². The van der Waals surface area contributed by atoms with Crippen LogP contribution in [0, 0.1) is 0 Å². The lowest BCUT2D eigenvalue weighted by Gasteiger charge is -2.36. The molecule has 0 spiro atoms. The highest BCUT2D eigenvalue weighted by Crippen LogP contribution is 2.20. The van der Waals surface area contributed by atoms with Crippen LogP contribution in [0.15, 0.2) is 53.3 Å². The average Bonchev–Trinajstić information content (AvgIpc) is 3.09. The molecule has 1 aromatic heterocycles. The van der Waals surface area contributed by atoms with Crippen molar-refractivity contribution < 1.29 is 4.74 Å². The van der Waals surface area contributed by atoms with Crippen molar-refractivity contribution >= 4 is 16.7 Å². The summed E-state index contributed by atoms with van der Waals surface area (Å²) >= 11 is 0. The van der Waals surface area contributed by atoms with Gasteiger partial charge in [0.25, 0.3) is 0 Å². The predicted molar refractivity (Wildman–Crippen MR) is 118 cm³/mol. The molecule has 2 heterocycles. The summed E-state index contributed by atoms with van der Waals surface area (Å²) in [6.45, 7) is 6.27. The fraction of sp³-hybridized carbons (Fsp3) is 0.435. The van der Waals surface area contributed by atoms with Crippen LogP contribution in [0.5, 0.6) is 5.75 Å². The van der Waals surface area contributed by atoms with Crippen LogP contribution < -0.4 is 15.3 Å². The molecule has 1 N–H and O–H groups in total. The van der Waals surface area contributed by atoms with Crippen LogP contribution in [0.4, 0.5) is 5.69 Å². The van der Waals surface area contributed by atoms with E-state index in [4.69, 9.17) is 4.74 Å². The molecule has 0 atom stereocenters. The Kier molecular flexibility index (Phi) is 6.20. The maximum Gasteiger partial charge on any atom is 0.326 e. The van der Waals surface area contributed by atoms with Gasteiger partial charge in [-0.05, 0) is 55.8 Å². The molecule has 0 saturated carbocycles. The molecule has 2 aromatic carbocycles. The van der Waals surface area contributed by atoms with E-state index >= 15 is 0 Å². The summed E-state index contributed by atoms with van der Waals surface area (Å²) in [6, 6.07) is 16.2. The zero-order chi connectivity index (χ0) is 20.1. The molecule has 0 aliphatic carbocycles. The lowest BCUT2D eigenvalue weighted by Crippen LogP contribution is -2.46. The number of nitrogens with one attached hydrogen (secondary N) is 1. The first-order valence-electron chi connectivity index (χ1n) is 10.5. The van der Waals surface area contributed by atoms with Gasteiger partial charge in [-0.25, -0.2) is 4.79 Å². The van der Waals surface area contributed by atoms with E-state index in [0.29, 0.717) is 0 Å². The molecule has 0 radical (unpaired) electrons. The topological polar surface area (TPSA) is 53.5 Å². The molecular weight excluding hydrogens is 364 g/mol. The third-order valence-corrected chi connectivity index (χ3v) is 5.85. The summed E-state index contributed by atoms with van der Waals surface area (Å²) in [5.41, 5.74) is 3.20. The molecule has 1 fully saturated rings. The first-order valence-corrected chi connectivity index (χ1v) is 10.5. The van der Waals surface area contributed by atoms with Crippen molar-refractivity contribution in [2.45, 2.75) is 25.8 Å². The standard InChI is InChI=1S/C23H30N4O2/c1-29-20-11-9-19(10-12-20)26-17-15-25(16-18-26)13-5-2-6-14-27-22-8-4-3-7-21(22)24-23(27)28/h3-4,7-12H,2,5-6,13-18H2,1H3,(H,24,28). The van der Waals surface area contributed by atoms with Crippen LogP contribution in [0.3, 0.4) is 0 Å². The Labute approximate surface area is 171 Å². The maximum absolute atomic E-state index is 12.1. The minimum atomic E-state index is 0.000791. The van der Waals surface area contributed by atoms with Crippen molar-refractivity contribution in [2.75, 3.05) is 44.7 Å². The number of unbranched alkanes of at least 4 members (excludes halogenated alkanes) is 2. The minimum Gasteiger partial charge on any atom is -0.497 e. The van der Waals surface area contributed by atoms with Gasteiger partial charge in [0.05, 0.1) is 18.1 Å². The van der Waals surface area contributed by atoms with E-state index in [1.807, 2.05) is 41.0 Å². The number of aryl methyl sites for hydroxylation is 1. The fourth-order valence-corrected chi connectivity index (χ4v) is 4.13. The normalized spacial score (nSPS) is 15.1. The van der Waals surface area contributed by atoms with Gasteiger partial charge in [0.15, 0.2) is 0 Å². The highest BCUT2D eigenvalue weighted by molar-refractivity contribution is 5.74. The van der Waals surface area contributed by atoms with Gasteiger partial charge in [0.1, 0.15) is 5.75 Å². The van der Waals surface area contributed by atoms with Gasteiger partial charge in [-0.1, -0.05) is 18.6 Å². The van der Waals surface area contributed by atoms with E-state index in [9.17, 15) is 4.79 Å². The second-order valence-corrected chi connectivity index (χ2v) is 7.69. The Balaban J connectivity index is 1.17. The second-order valence-electron chi connectivity index (χ2n) is 7.69. The number of hydrogen-bond donors (Lipinski definition) is 1. The molecule has 6 nitrogen and oxygen atoms in total. The first-order chi connectivity index (χ1) is 14.2. The monoisotopic (exact) mass is 394 g/mol. The zero-order valence-corrected chi connectivity index (χ0v) is 17.1. The number of nitrogens with zero attached hydrogens (tertiary/aromatic N) is 3. The number of para-hydroxylation sites is 2. The number of benzene rings is 2. The number of rotatable bonds is 8. The number of fused-ring (bicyclic) bond motifs is 1. The summed E-state index contributed by atoms with van der Waals surface area (Å²) in [5.74, 6) is 0.905. The van der Waals surface area contributed by atoms with Crippen molar-refractivity contribution in [2.24, 2.45) is 0 Å². The molecule has 6 heteroatoms. The van der Waals surface area contributed by atoms with E-state index in [2.05, 4.69) is 26.9 Å². The van der Waals surface area contributed by atoms with E-state index in [1.165, 1.54) is 12.1 Å². The Morgan fingerprint density at radius 3 is 2.38 bits per heavy atom. The molecule has 1 aliphatic rings. The molecule has 3 aromatic rings. The van der Waals surface area contributed by atoms with Crippen LogP contribution >= 0.6 is 0 Å². The Morgan fingerprint density at radius 2 is 1.62 bits per heavy atom. The van der Waals surface area contributed by atoms with Gasteiger partial charge in [-0.2, -0.15) is 0 Å². The molecule has 1 saturated heterocycles. The van der Waals surface area contributed by atoms with Crippen LogP contribution in [0.2, 0.25) is 0 Å². The number of methoxy groups -OCH3 is 1. The summed E-state index contributed by atoms with van der Waals surface area (Å²) in [5, 5.41) is 0. The SMILES string of the molecule is COc1ccc(N2CCN(CCCCCn3c(=O)[nH]c4ccccc43)CC2)cc1. The number of piperazine rings is 1. The highest BCUT2D eigenvalue weighted by Gasteiger charge is 2.16. The number of aromatic amines is 1. The van der Waals surface area contributed by atoms with Gasteiger partial charge in [0, 0.05) is 38.4 Å². The Bertz CT molecular complexity index is 968. The van der Waals surface area contributed by atoms with Gasteiger partial charge in [0.2, 0.25) is 0 Å². The highest BCUT2D eigenvalue weighted by atomic mass is 16.5. The number of anilines is 1. The van der Waals surface area contributed by atoms with Crippen molar-refractivity contribution in [3.63, 3.8) is 0 Å². The van der Waals surface area contributed by atoms with E-state index in [0.717, 1.165) is 68.9 Å². The average molecular weight is 395 g/mol. The lowest BCUT2D eigenvalue weighted by molar-refractivity contribution is 0.251. The lowest BCUT2D eigenvalue weighted by atomic mass is 10.2. The molecule has 1 aliphatic heterocycles. The van der Waals surface area contributed by atoms with E-state index in [1.54, 1.807) is 7.11 Å². The number of imidazole rings is 1. The van der Waals surface area contributed by atoms with Gasteiger partial charge >= 0.3 is 5.69 Å². The quantitative estimate of drug-likeness (QED) is 0.596. The van der Waals surface area contributed by atoms with Crippen molar-refractivity contribution in [1.82, 2.24) is 14.5 Å². The van der Waals surface area contributed by atoms with Gasteiger partial charge < -0.3 is 14.6 Å². The van der Waals surface area contributed by atoms with Crippen LogP contribution in [-0.2, 0) is 6.54 Å². The smallest absolute Gasteiger partial charge is 0.326 e. The molecule has 154 valence electrons. The van der Waals surface area contributed by atoms with Crippen molar-refractivity contribution in [3.8, 4) is 5.75 Å². The number of H-pyrrole nitrogens is 1. The third-order valence-electron chi connectivity index (χ3n) is 5.85. The second kappa shape index (κ2) is 9.18. The number of ether oxygens (including phenoxy) is 1. The molecule has 0 amide bonds. The summed E-state index contributed by atoms with van der Waals surface area (Å²) in [6.07, 6.45) is 3.36. The van der Waals surface area contributed by atoms with Crippen LogP contribution in [0.1, 0.15) is 19.3 Å². The maximum atomic E-state index is 12.1. The summed E-state index contributed by atoms with van der Waals surface area (Å²) in [4.78, 5) is 20.0. The molecule has 29 heavy (non-hydrogen) atoms. The largest absolute Gasteiger partial charge is 0.497 e.